The van der Waals surface area contributed by atoms with Crippen LogP contribution in [0.2, 0.25) is 0 Å². The fraction of sp³-hybridized carbons (Fsp3) is 0.176. The van der Waals surface area contributed by atoms with Gasteiger partial charge < -0.3 is 25.2 Å². The molecule has 0 saturated heterocycles. The molecular weight excluding hydrogens is 342 g/mol. The lowest BCUT2D eigenvalue weighted by Gasteiger charge is -2.08. The number of carbonyl (C=O) groups is 2. The van der Waals surface area contributed by atoms with E-state index in [9.17, 15) is 14.7 Å². The number of ketones is 1. The summed E-state index contributed by atoms with van der Waals surface area (Å²) in [6, 6.07) is 5.15. The number of hydrogen-bond acceptors (Lipinski definition) is 8. The van der Waals surface area contributed by atoms with Gasteiger partial charge in [0.2, 0.25) is 11.4 Å². The maximum absolute atomic E-state index is 12.1. The van der Waals surface area contributed by atoms with Crippen molar-refractivity contribution in [1.29, 1.82) is 0 Å². The summed E-state index contributed by atoms with van der Waals surface area (Å²) in [6.45, 7) is 1.59. The molecule has 1 atom stereocenters. The number of benzene rings is 1. The molecule has 9 heteroatoms. The number of Topliss-reactive ketones (excluding diaryl/α,β-unsaturated/α-hetero) is 1. The topological polar surface area (TPSA) is 149 Å². The molecule has 26 heavy (non-hydrogen) atoms. The van der Waals surface area contributed by atoms with Gasteiger partial charge in [-0.1, -0.05) is 5.16 Å². The Labute approximate surface area is 147 Å². The van der Waals surface area contributed by atoms with Gasteiger partial charge in [-0.3, -0.25) is 9.59 Å². The van der Waals surface area contributed by atoms with Crippen LogP contribution >= 0.6 is 0 Å². The Bertz CT molecular complexity index is 1010. The molecule has 0 bridgehead atoms. The highest BCUT2D eigenvalue weighted by Crippen LogP contribution is 2.36. The smallest absolute Gasteiger partial charge is 0.328 e. The summed E-state index contributed by atoms with van der Waals surface area (Å²) >= 11 is 0. The van der Waals surface area contributed by atoms with Gasteiger partial charge in [0.25, 0.3) is 0 Å². The number of hydrogen-bond donors (Lipinski definition) is 3. The number of carboxylic acid groups (broad SMARTS) is 1. The molecule has 134 valence electrons. The van der Waals surface area contributed by atoms with Crippen LogP contribution in [0.3, 0.4) is 0 Å². The Morgan fingerprint density at radius 1 is 1.27 bits per heavy atom. The van der Waals surface area contributed by atoms with Crippen molar-refractivity contribution < 1.29 is 29.1 Å². The van der Waals surface area contributed by atoms with Crippen LogP contribution in [-0.2, 0) is 4.79 Å². The van der Waals surface area contributed by atoms with E-state index < -0.39 is 29.2 Å². The monoisotopic (exact) mass is 357 g/mol. The summed E-state index contributed by atoms with van der Waals surface area (Å²) in [4.78, 5) is 27.1. The molecule has 0 spiro atoms. The molecule has 3 rings (SSSR count). The average molecular weight is 357 g/mol. The van der Waals surface area contributed by atoms with Gasteiger partial charge in [0.15, 0.2) is 17.5 Å². The van der Waals surface area contributed by atoms with Crippen LogP contribution in [0.15, 0.2) is 28.8 Å². The number of fused-ring (bicyclic) bond motifs is 1. The quantitative estimate of drug-likeness (QED) is 0.456. The van der Waals surface area contributed by atoms with Gasteiger partial charge in [-0.15, -0.1) is 0 Å². The Morgan fingerprint density at radius 2 is 1.92 bits per heavy atom. The third-order valence-electron chi connectivity index (χ3n) is 3.92. The van der Waals surface area contributed by atoms with E-state index in [4.69, 9.17) is 20.1 Å². The first-order valence-corrected chi connectivity index (χ1v) is 7.51. The number of ether oxygens (including phenoxy) is 1. The second-order valence-electron chi connectivity index (χ2n) is 5.54. The zero-order chi connectivity index (χ0) is 19.0. The zero-order valence-electron chi connectivity index (χ0n) is 13.9. The molecule has 2 heterocycles. The lowest BCUT2D eigenvalue weighted by atomic mass is 10.0. The highest BCUT2D eigenvalue weighted by atomic mass is 16.5. The van der Waals surface area contributed by atoms with Crippen molar-refractivity contribution in [3.63, 3.8) is 0 Å². The second-order valence-corrected chi connectivity index (χ2v) is 5.54. The lowest BCUT2D eigenvalue weighted by molar-refractivity contribution is -0.137. The van der Waals surface area contributed by atoms with Crippen molar-refractivity contribution >= 4 is 22.7 Å². The molecule has 0 aliphatic carbocycles. The van der Waals surface area contributed by atoms with E-state index in [0.717, 1.165) is 0 Å². The number of pyridine rings is 1. The van der Waals surface area contributed by atoms with E-state index in [0.29, 0.717) is 28.1 Å². The van der Waals surface area contributed by atoms with Crippen LogP contribution in [0, 0.1) is 6.92 Å². The van der Waals surface area contributed by atoms with Crippen molar-refractivity contribution in [1.82, 2.24) is 10.1 Å². The zero-order valence-corrected chi connectivity index (χ0v) is 13.9. The fourth-order valence-corrected chi connectivity index (χ4v) is 2.55. The molecule has 9 nitrogen and oxygen atoms in total. The molecule has 0 amide bonds. The molecule has 1 aromatic carbocycles. The molecule has 0 aliphatic heterocycles. The minimum atomic E-state index is -1.84. The van der Waals surface area contributed by atoms with E-state index in [1.54, 1.807) is 38.3 Å². The second kappa shape index (κ2) is 6.45. The number of nitrogens with two attached hydrogens (primary N) is 1. The molecule has 2 aromatic heterocycles. The molecule has 1 unspecified atom stereocenters. The van der Waals surface area contributed by atoms with Gasteiger partial charge in [-0.2, -0.15) is 0 Å². The maximum Gasteiger partial charge on any atom is 0.328 e. The third kappa shape index (κ3) is 2.74. The first-order chi connectivity index (χ1) is 12.3. The molecule has 0 saturated carbocycles. The molecule has 0 fully saturated rings. The number of aromatic nitrogens is 2. The number of nitrogens with zero attached hydrogens (tertiary/aromatic N) is 2. The van der Waals surface area contributed by atoms with Crippen LogP contribution in [0.4, 0.5) is 0 Å². The van der Waals surface area contributed by atoms with E-state index >= 15 is 0 Å². The predicted molar refractivity (Wildman–Crippen MR) is 90.1 cm³/mol. The number of aryl methyl sites for hydroxylation is 1. The molecule has 0 radical (unpaired) electrons. The van der Waals surface area contributed by atoms with Gasteiger partial charge in [0, 0.05) is 5.56 Å². The largest absolute Gasteiger partial charge is 0.503 e. The van der Waals surface area contributed by atoms with Gasteiger partial charge in [-0.05, 0) is 31.2 Å². The molecule has 3 aromatic rings. The summed E-state index contributed by atoms with van der Waals surface area (Å²) in [5.74, 6) is -2.48. The lowest BCUT2D eigenvalue weighted by Crippen LogP contribution is -2.39. The maximum atomic E-state index is 12.1. The molecule has 0 aliphatic rings. The SMILES string of the molecule is COc1ccc(-c2noc3c(O)c(C(=O)C(N)C(=O)O)nc(C)c23)cc1. The highest BCUT2D eigenvalue weighted by molar-refractivity contribution is 6.14. The van der Waals surface area contributed by atoms with Crippen LogP contribution in [0.1, 0.15) is 16.2 Å². The molecule has 4 N–H and O–H groups in total. The van der Waals surface area contributed by atoms with Crippen molar-refractivity contribution in [2.75, 3.05) is 7.11 Å². The van der Waals surface area contributed by atoms with E-state index in [-0.39, 0.29) is 5.58 Å². The number of aromatic hydroxyl groups is 1. The van der Waals surface area contributed by atoms with Crippen LogP contribution in [0.5, 0.6) is 11.5 Å². The van der Waals surface area contributed by atoms with E-state index in [2.05, 4.69) is 10.1 Å². The van der Waals surface area contributed by atoms with Crippen molar-refractivity contribution in [2.24, 2.45) is 5.73 Å². The Kier molecular flexibility index (Phi) is 4.31. The third-order valence-corrected chi connectivity index (χ3v) is 3.92. The van der Waals surface area contributed by atoms with E-state index in [1.807, 2.05) is 0 Å². The summed E-state index contributed by atoms with van der Waals surface area (Å²) in [6.07, 6.45) is 0. The van der Waals surface area contributed by atoms with Gasteiger partial charge >= 0.3 is 5.97 Å². The van der Waals surface area contributed by atoms with Crippen LogP contribution in [0.25, 0.3) is 22.2 Å². The minimum Gasteiger partial charge on any atom is -0.503 e. The Balaban J connectivity index is 2.15. The normalized spacial score (nSPS) is 12.1. The first-order valence-electron chi connectivity index (χ1n) is 7.51. The van der Waals surface area contributed by atoms with E-state index in [1.165, 1.54) is 0 Å². The van der Waals surface area contributed by atoms with Crippen molar-refractivity contribution in [3.05, 3.63) is 35.7 Å². The Hall–Kier alpha value is -3.46. The summed E-state index contributed by atoms with van der Waals surface area (Å²) in [5.41, 5.74) is 6.23. The van der Waals surface area contributed by atoms with Crippen LogP contribution in [-0.4, -0.2) is 45.3 Å². The van der Waals surface area contributed by atoms with Crippen LogP contribution < -0.4 is 10.5 Å². The number of rotatable bonds is 5. The van der Waals surface area contributed by atoms with Crippen molar-refractivity contribution in [2.45, 2.75) is 13.0 Å². The highest BCUT2D eigenvalue weighted by Gasteiger charge is 2.30. The number of carbonyl (C=O) groups excluding carboxylic acids is 1. The summed E-state index contributed by atoms with van der Waals surface area (Å²) < 4.78 is 10.3. The van der Waals surface area contributed by atoms with Gasteiger partial charge in [-0.25, -0.2) is 4.98 Å². The first kappa shape index (κ1) is 17.4. The predicted octanol–water partition coefficient (Wildman–Crippen LogP) is 1.51. The van der Waals surface area contributed by atoms with Gasteiger partial charge in [0.1, 0.15) is 11.4 Å². The average Bonchev–Trinajstić information content (AvgIpc) is 3.09. The summed E-state index contributed by atoms with van der Waals surface area (Å²) in [5, 5.41) is 23.6. The fourth-order valence-electron chi connectivity index (χ4n) is 2.55. The minimum absolute atomic E-state index is 0.0655. The number of methoxy groups -OCH3 is 1. The van der Waals surface area contributed by atoms with Gasteiger partial charge in [0.05, 0.1) is 18.2 Å². The standard InChI is InChI=1S/C17H15N3O6/c1-7-10-12(8-3-5-9(25-2)6-4-8)20-26-16(10)15(22)13(19-7)14(21)11(18)17(23)24/h3-6,11,22H,18H2,1-2H3,(H,23,24). The van der Waals surface area contributed by atoms with Crippen molar-refractivity contribution in [3.8, 4) is 22.8 Å². The summed E-state index contributed by atoms with van der Waals surface area (Å²) in [7, 11) is 1.55. The number of carboxylic acids is 1. The molecular formula is C17H15N3O6. The number of aliphatic carboxylic acids is 1. The Morgan fingerprint density at radius 3 is 2.50 bits per heavy atom.